The number of likely N-dealkylation sites (tertiary alicyclic amines) is 1. The molecule has 1 aromatic carbocycles. The molecule has 1 aliphatic rings. The lowest BCUT2D eigenvalue weighted by Crippen LogP contribution is -2.34. The van der Waals surface area contributed by atoms with Crippen LogP contribution < -0.4 is 0 Å². The van der Waals surface area contributed by atoms with Crippen LogP contribution in [0, 0.1) is 5.92 Å². The number of carbonyl (C=O) groups is 1. The normalized spacial score (nSPS) is 20.0. The summed E-state index contributed by atoms with van der Waals surface area (Å²) in [6.07, 6.45) is 3.87. The van der Waals surface area contributed by atoms with Crippen molar-refractivity contribution in [3.63, 3.8) is 0 Å². The molecule has 1 atom stereocenters. The van der Waals surface area contributed by atoms with Crippen molar-refractivity contribution >= 4 is 16.9 Å². The van der Waals surface area contributed by atoms with Gasteiger partial charge >= 0.3 is 5.97 Å². The number of nitrogens with zero attached hydrogens (tertiary/aromatic N) is 1. The highest BCUT2D eigenvalue weighted by Gasteiger charge is 2.18. The summed E-state index contributed by atoms with van der Waals surface area (Å²) < 4.78 is 5.30. The van der Waals surface area contributed by atoms with Gasteiger partial charge in [0.05, 0.1) is 0 Å². The van der Waals surface area contributed by atoms with Crippen LogP contribution in [0.2, 0.25) is 0 Å². The number of carboxylic acid groups (broad SMARTS) is 1. The minimum atomic E-state index is -1.02. The third-order valence-electron chi connectivity index (χ3n) is 4.38. The van der Waals surface area contributed by atoms with Crippen LogP contribution in [0.25, 0.3) is 11.0 Å². The van der Waals surface area contributed by atoms with E-state index in [9.17, 15) is 4.79 Å². The zero-order chi connectivity index (χ0) is 14.8. The highest BCUT2D eigenvalue weighted by Crippen LogP contribution is 2.24. The maximum Gasteiger partial charge on any atom is 0.371 e. The fourth-order valence-corrected chi connectivity index (χ4v) is 3.18. The lowest BCUT2D eigenvalue weighted by Gasteiger charge is -2.32. The minimum absolute atomic E-state index is 0.00571. The van der Waals surface area contributed by atoms with Gasteiger partial charge in [-0.2, -0.15) is 0 Å². The summed E-state index contributed by atoms with van der Waals surface area (Å²) in [4.78, 5) is 13.4. The summed E-state index contributed by atoms with van der Waals surface area (Å²) in [6, 6.07) is 7.55. The van der Waals surface area contributed by atoms with E-state index in [1.165, 1.54) is 31.4 Å². The van der Waals surface area contributed by atoms with Gasteiger partial charge in [-0.3, -0.25) is 4.90 Å². The van der Waals surface area contributed by atoms with Gasteiger partial charge in [0.2, 0.25) is 5.76 Å². The SMILES string of the molecule is CCC1CCCN(Cc2ccc3oc(C(=O)O)cc3c2)C1. The number of rotatable bonds is 4. The Morgan fingerprint density at radius 2 is 2.29 bits per heavy atom. The maximum atomic E-state index is 10.9. The molecular weight excluding hydrogens is 266 g/mol. The van der Waals surface area contributed by atoms with E-state index in [2.05, 4.69) is 11.8 Å². The maximum absolute atomic E-state index is 10.9. The fourth-order valence-electron chi connectivity index (χ4n) is 3.18. The van der Waals surface area contributed by atoms with Crippen molar-refractivity contribution in [1.82, 2.24) is 4.90 Å². The Kier molecular flexibility index (Phi) is 3.97. The van der Waals surface area contributed by atoms with Gasteiger partial charge in [0.15, 0.2) is 0 Å². The Bertz CT molecular complexity index is 647. The van der Waals surface area contributed by atoms with E-state index in [-0.39, 0.29) is 5.76 Å². The van der Waals surface area contributed by atoms with Crippen molar-refractivity contribution in [3.05, 3.63) is 35.6 Å². The van der Waals surface area contributed by atoms with Gasteiger partial charge in [0.25, 0.3) is 0 Å². The van der Waals surface area contributed by atoms with Crippen LogP contribution in [-0.2, 0) is 6.54 Å². The predicted molar refractivity (Wildman–Crippen MR) is 81.5 cm³/mol. The third-order valence-corrected chi connectivity index (χ3v) is 4.38. The quantitative estimate of drug-likeness (QED) is 0.930. The van der Waals surface area contributed by atoms with Crippen molar-refractivity contribution in [2.75, 3.05) is 13.1 Å². The molecule has 1 aliphatic heterocycles. The van der Waals surface area contributed by atoms with E-state index in [0.717, 1.165) is 24.4 Å². The number of aromatic carboxylic acids is 1. The molecule has 1 fully saturated rings. The van der Waals surface area contributed by atoms with E-state index in [0.29, 0.717) is 5.58 Å². The molecule has 1 N–H and O–H groups in total. The molecule has 112 valence electrons. The van der Waals surface area contributed by atoms with Crippen LogP contribution in [0.15, 0.2) is 28.7 Å². The van der Waals surface area contributed by atoms with Crippen LogP contribution in [0.3, 0.4) is 0 Å². The van der Waals surface area contributed by atoms with Crippen LogP contribution in [0.5, 0.6) is 0 Å². The molecule has 1 unspecified atom stereocenters. The molecular formula is C17H21NO3. The summed E-state index contributed by atoms with van der Waals surface area (Å²) >= 11 is 0. The van der Waals surface area contributed by atoms with Gasteiger partial charge in [0.1, 0.15) is 5.58 Å². The Labute approximate surface area is 124 Å². The molecule has 0 amide bonds. The fraction of sp³-hybridized carbons (Fsp3) is 0.471. The number of carboxylic acids is 1. The van der Waals surface area contributed by atoms with E-state index in [1.807, 2.05) is 18.2 Å². The molecule has 0 spiro atoms. The minimum Gasteiger partial charge on any atom is -0.475 e. The molecule has 2 heterocycles. The van der Waals surface area contributed by atoms with Gasteiger partial charge < -0.3 is 9.52 Å². The number of hydrogen-bond donors (Lipinski definition) is 1. The summed E-state index contributed by atoms with van der Waals surface area (Å²) in [5.41, 5.74) is 1.86. The van der Waals surface area contributed by atoms with Crippen molar-refractivity contribution < 1.29 is 14.3 Å². The standard InChI is InChI=1S/C17H21NO3/c1-2-12-4-3-7-18(10-12)11-13-5-6-15-14(8-13)9-16(21-15)17(19)20/h5-6,8-9,12H,2-4,7,10-11H2,1H3,(H,19,20). The Balaban J connectivity index is 1.76. The average molecular weight is 287 g/mol. The molecule has 0 radical (unpaired) electrons. The van der Waals surface area contributed by atoms with Crippen LogP contribution >= 0.6 is 0 Å². The number of fused-ring (bicyclic) bond motifs is 1. The smallest absolute Gasteiger partial charge is 0.371 e. The predicted octanol–water partition coefficient (Wildman–Crippen LogP) is 3.75. The van der Waals surface area contributed by atoms with Crippen molar-refractivity contribution in [2.45, 2.75) is 32.7 Å². The van der Waals surface area contributed by atoms with Crippen LogP contribution in [0.1, 0.15) is 42.3 Å². The molecule has 0 saturated carbocycles. The topological polar surface area (TPSA) is 53.7 Å². The molecule has 0 bridgehead atoms. The zero-order valence-electron chi connectivity index (χ0n) is 12.3. The highest BCUT2D eigenvalue weighted by molar-refractivity contribution is 5.91. The van der Waals surface area contributed by atoms with Crippen molar-refractivity contribution in [1.29, 1.82) is 0 Å². The van der Waals surface area contributed by atoms with Gasteiger partial charge in [-0.05, 0) is 49.1 Å². The molecule has 1 aromatic heterocycles. The summed E-state index contributed by atoms with van der Waals surface area (Å²) in [6.45, 7) is 5.51. The first-order valence-electron chi connectivity index (χ1n) is 7.64. The van der Waals surface area contributed by atoms with E-state index in [1.54, 1.807) is 6.07 Å². The Hall–Kier alpha value is -1.81. The van der Waals surface area contributed by atoms with Crippen molar-refractivity contribution in [2.24, 2.45) is 5.92 Å². The number of furan rings is 1. The Morgan fingerprint density at radius 3 is 3.05 bits per heavy atom. The highest BCUT2D eigenvalue weighted by atomic mass is 16.4. The first-order chi connectivity index (χ1) is 10.2. The number of benzene rings is 1. The molecule has 3 rings (SSSR count). The van der Waals surface area contributed by atoms with Crippen LogP contribution in [-0.4, -0.2) is 29.1 Å². The first-order valence-corrected chi connectivity index (χ1v) is 7.64. The molecule has 4 nitrogen and oxygen atoms in total. The number of hydrogen-bond acceptors (Lipinski definition) is 3. The first kappa shape index (κ1) is 14.1. The summed E-state index contributed by atoms with van der Waals surface area (Å²) in [5, 5.41) is 9.84. The average Bonchev–Trinajstić information content (AvgIpc) is 2.91. The van der Waals surface area contributed by atoms with Gasteiger partial charge in [0, 0.05) is 18.5 Å². The summed E-state index contributed by atoms with van der Waals surface area (Å²) in [5.74, 6) is -0.198. The third kappa shape index (κ3) is 3.10. The van der Waals surface area contributed by atoms with E-state index in [4.69, 9.17) is 9.52 Å². The molecule has 0 aliphatic carbocycles. The summed E-state index contributed by atoms with van der Waals surface area (Å²) in [7, 11) is 0. The van der Waals surface area contributed by atoms with Crippen LogP contribution in [0.4, 0.5) is 0 Å². The van der Waals surface area contributed by atoms with Gasteiger partial charge in [-0.15, -0.1) is 0 Å². The van der Waals surface area contributed by atoms with Gasteiger partial charge in [-0.25, -0.2) is 4.79 Å². The molecule has 21 heavy (non-hydrogen) atoms. The monoisotopic (exact) mass is 287 g/mol. The second-order valence-electron chi connectivity index (χ2n) is 5.94. The van der Waals surface area contributed by atoms with Crippen molar-refractivity contribution in [3.8, 4) is 0 Å². The second-order valence-corrected chi connectivity index (χ2v) is 5.94. The second kappa shape index (κ2) is 5.90. The zero-order valence-corrected chi connectivity index (χ0v) is 12.3. The van der Waals surface area contributed by atoms with Gasteiger partial charge in [-0.1, -0.05) is 19.4 Å². The lowest BCUT2D eigenvalue weighted by molar-refractivity contribution is 0.0665. The molecule has 2 aromatic rings. The van der Waals surface area contributed by atoms with E-state index < -0.39 is 5.97 Å². The van der Waals surface area contributed by atoms with E-state index >= 15 is 0 Å². The largest absolute Gasteiger partial charge is 0.475 e. The molecule has 1 saturated heterocycles. The Morgan fingerprint density at radius 1 is 1.43 bits per heavy atom. The molecule has 4 heteroatoms. The lowest BCUT2D eigenvalue weighted by atomic mass is 9.95. The number of piperidine rings is 1.